The number of hydrogen-bond acceptors (Lipinski definition) is 2. The molecule has 2 atom stereocenters. The van der Waals surface area contributed by atoms with Gasteiger partial charge in [0, 0.05) is 5.92 Å². The topological polar surface area (TPSA) is 50.4 Å². The average Bonchev–Trinajstić information content (AvgIpc) is 3.02. The molecule has 0 saturated heterocycles. The fourth-order valence-corrected chi connectivity index (χ4v) is 2.14. The lowest BCUT2D eigenvalue weighted by atomic mass is 10.1. The zero-order valence-corrected chi connectivity index (χ0v) is 9.47. The van der Waals surface area contributed by atoms with E-state index in [1.54, 1.807) is 30.3 Å². The van der Waals surface area contributed by atoms with Gasteiger partial charge in [0.25, 0.3) is 0 Å². The minimum absolute atomic E-state index is 0.0666. The smallest absolute Gasteiger partial charge is 0.307 e. The molecule has 3 rings (SSSR count). The Morgan fingerprint density at radius 3 is 2.72 bits per heavy atom. The number of carbonyl (C=O) groups is 1. The van der Waals surface area contributed by atoms with Crippen LogP contribution in [0.25, 0.3) is 11.3 Å². The van der Waals surface area contributed by atoms with Gasteiger partial charge >= 0.3 is 5.97 Å². The maximum absolute atomic E-state index is 13.6. The third-order valence-electron chi connectivity index (χ3n) is 3.24. The summed E-state index contributed by atoms with van der Waals surface area (Å²) >= 11 is 0. The van der Waals surface area contributed by atoms with Gasteiger partial charge in [-0.05, 0) is 30.7 Å². The number of rotatable bonds is 3. The van der Waals surface area contributed by atoms with Crippen molar-refractivity contribution in [2.24, 2.45) is 5.92 Å². The van der Waals surface area contributed by atoms with Crippen LogP contribution < -0.4 is 0 Å². The maximum atomic E-state index is 13.6. The largest absolute Gasteiger partial charge is 0.481 e. The highest BCUT2D eigenvalue weighted by molar-refractivity contribution is 5.75. The summed E-state index contributed by atoms with van der Waals surface area (Å²) in [6.45, 7) is 0. The quantitative estimate of drug-likeness (QED) is 0.904. The lowest BCUT2D eigenvalue weighted by Gasteiger charge is -1.98. The standard InChI is InChI=1S/C14H11FO3/c15-11-4-2-1-3-8(11)12-5-6-13(18-12)9-7-10(9)14(16)17/h1-6,9-10H,7H2,(H,16,17). The van der Waals surface area contributed by atoms with E-state index in [4.69, 9.17) is 9.52 Å². The Hall–Kier alpha value is -2.10. The molecule has 0 bridgehead atoms. The van der Waals surface area contributed by atoms with Crippen LogP contribution in [-0.2, 0) is 4.79 Å². The second kappa shape index (κ2) is 3.98. The van der Waals surface area contributed by atoms with Gasteiger partial charge in [-0.15, -0.1) is 0 Å². The first kappa shape index (κ1) is 11.0. The van der Waals surface area contributed by atoms with E-state index in [1.165, 1.54) is 6.07 Å². The van der Waals surface area contributed by atoms with Crippen molar-refractivity contribution in [1.29, 1.82) is 0 Å². The van der Waals surface area contributed by atoms with Gasteiger partial charge in [0.2, 0.25) is 0 Å². The van der Waals surface area contributed by atoms with Crippen molar-refractivity contribution in [2.45, 2.75) is 12.3 Å². The van der Waals surface area contributed by atoms with Crippen molar-refractivity contribution in [3.05, 3.63) is 48.0 Å². The Kier molecular flexibility index (Phi) is 2.44. The molecular weight excluding hydrogens is 235 g/mol. The maximum Gasteiger partial charge on any atom is 0.307 e. The lowest BCUT2D eigenvalue weighted by molar-refractivity contribution is -0.138. The summed E-state index contributed by atoms with van der Waals surface area (Å²) in [5.41, 5.74) is 0.399. The van der Waals surface area contributed by atoms with Gasteiger partial charge in [0.1, 0.15) is 17.3 Å². The van der Waals surface area contributed by atoms with Crippen molar-refractivity contribution in [1.82, 2.24) is 0 Å². The van der Waals surface area contributed by atoms with Crippen LogP contribution in [0.2, 0.25) is 0 Å². The van der Waals surface area contributed by atoms with Crippen LogP contribution in [-0.4, -0.2) is 11.1 Å². The predicted molar refractivity (Wildman–Crippen MR) is 62.6 cm³/mol. The summed E-state index contributed by atoms with van der Waals surface area (Å²) < 4.78 is 19.1. The monoisotopic (exact) mass is 246 g/mol. The van der Waals surface area contributed by atoms with E-state index >= 15 is 0 Å². The average molecular weight is 246 g/mol. The first-order valence-corrected chi connectivity index (χ1v) is 5.74. The molecule has 2 unspecified atom stereocenters. The first-order valence-electron chi connectivity index (χ1n) is 5.74. The third kappa shape index (κ3) is 1.79. The molecule has 1 fully saturated rings. The van der Waals surface area contributed by atoms with Crippen molar-refractivity contribution >= 4 is 5.97 Å². The summed E-state index contributed by atoms with van der Waals surface area (Å²) in [5.74, 6) is -0.500. The van der Waals surface area contributed by atoms with E-state index in [1.807, 2.05) is 0 Å². The van der Waals surface area contributed by atoms with Gasteiger partial charge in [0.15, 0.2) is 0 Å². The number of carboxylic acid groups (broad SMARTS) is 1. The second-order valence-electron chi connectivity index (χ2n) is 4.47. The van der Waals surface area contributed by atoms with Gasteiger partial charge in [-0.2, -0.15) is 0 Å². The molecule has 1 N–H and O–H groups in total. The van der Waals surface area contributed by atoms with E-state index in [0.29, 0.717) is 23.5 Å². The SMILES string of the molecule is O=C(O)C1CC1c1ccc(-c2ccccc2F)o1. The summed E-state index contributed by atoms with van der Waals surface area (Å²) in [4.78, 5) is 10.8. The molecular formula is C14H11FO3. The van der Waals surface area contributed by atoms with E-state index in [2.05, 4.69) is 0 Å². The minimum atomic E-state index is -0.802. The van der Waals surface area contributed by atoms with E-state index in [9.17, 15) is 9.18 Å². The molecule has 0 spiro atoms. The van der Waals surface area contributed by atoms with Gasteiger partial charge in [0.05, 0.1) is 11.5 Å². The van der Waals surface area contributed by atoms with Crippen molar-refractivity contribution in [3.63, 3.8) is 0 Å². The van der Waals surface area contributed by atoms with Crippen LogP contribution >= 0.6 is 0 Å². The number of halogens is 1. The molecule has 4 heteroatoms. The molecule has 1 heterocycles. The molecule has 1 saturated carbocycles. The summed E-state index contributed by atoms with van der Waals surface area (Å²) in [5, 5.41) is 8.85. The molecule has 18 heavy (non-hydrogen) atoms. The van der Waals surface area contributed by atoms with Gasteiger partial charge in [-0.3, -0.25) is 4.79 Å². The van der Waals surface area contributed by atoms with Crippen LogP contribution in [0, 0.1) is 11.7 Å². The van der Waals surface area contributed by atoms with Crippen molar-refractivity contribution in [3.8, 4) is 11.3 Å². The molecule has 3 nitrogen and oxygen atoms in total. The fraction of sp³-hybridized carbons (Fsp3) is 0.214. The Morgan fingerprint density at radius 2 is 2.06 bits per heavy atom. The summed E-state index contributed by atoms with van der Waals surface area (Å²) in [7, 11) is 0. The first-order chi connectivity index (χ1) is 8.66. The number of aliphatic carboxylic acids is 1. The summed E-state index contributed by atoms with van der Waals surface area (Å²) in [6, 6.07) is 9.77. The number of furan rings is 1. The summed E-state index contributed by atoms with van der Waals surface area (Å²) in [6.07, 6.45) is 0.597. The molecule has 2 aromatic rings. The number of hydrogen-bond donors (Lipinski definition) is 1. The van der Waals surface area contributed by atoms with E-state index < -0.39 is 5.97 Å². The van der Waals surface area contributed by atoms with Gasteiger partial charge < -0.3 is 9.52 Å². The van der Waals surface area contributed by atoms with Crippen molar-refractivity contribution in [2.75, 3.05) is 0 Å². The highest BCUT2D eigenvalue weighted by Gasteiger charge is 2.46. The highest BCUT2D eigenvalue weighted by Crippen LogP contribution is 2.48. The number of carboxylic acids is 1. The Balaban J connectivity index is 1.87. The molecule has 1 aromatic heterocycles. The van der Waals surface area contributed by atoms with Gasteiger partial charge in [-0.25, -0.2) is 4.39 Å². The fourth-order valence-electron chi connectivity index (χ4n) is 2.14. The zero-order valence-electron chi connectivity index (χ0n) is 9.47. The van der Waals surface area contributed by atoms with Crippen LogP contribution in [0.15, 0.2) is 40.8 Å². The van der Waals surface area contributed by atoms with E-state index in [0.717, 1.165) is 0 Å². The zero-order chi connectivity index (χ0) is 12.7. The lowest BCUT2D eigenvalue weighted by Crippen LogP contribution is -1.98. The second-order valence-corrected chi connectivity index (χ2v) is 4.47. The molecule has 1 aliphatic rings. The minimum Gasteiger partial charge on any atom is -0.481 e. The van der Waals surface area contributed by atoms with Crippen molar-refractivity contribution < 1.29 is 18.7 Å². The van der Waals surface area contributed by atoms with Crippen LogP contribution in [0.5, 0.6) is 0 Å². The Morgan fingerprint density at radius 1 is 1.28 bits per heavy atom. The van der Waals surface area contributed by atoms with Crippen LogP contribution in [0.1, 0.15) is 18.1 Å². The Bertz CT molecular complexity index is 603. The normalized spacial score (nSPS) is 21.8. The molecule has 0 radical (unpaired) electrons. The number of benzene rings is 1. The molecule has 0 aliphatic heterocycles. The third-order valence-corrected chi connectivity index (χ3v) is 3.24. The molecule has 1 aliphatic carbocycles. The van der Waals surface area contributed by atoms with Gasteiger partial charge in [-0.1, -0.05) is 12.1 Å². The molecule has 0 amide bonds. The molecule has 1 aromatic carbocycles. The predicted octanol–water partition coefficient (Wildman–Crippen LogP) is 3.27. The van der Waals surface area contributed by atoms with E-state index in [-0.39, 0.29) is 17.7 Å². The highest BCUT2D eigenvalue weighted by atomic mass is 19.1. The molecule has 92 valence electrons. The Labute approximate surface area is 103 Å². The van der Waals surface area contributed by atoms with Crippen LogP contribution in [0.4, 0.5) is 4.39 Å². The van der Waals surface area contributed by atoms with Crippen LogP contribution in [0.3, 0.4) is 0 Å².